The minimum absolute atomic E-state index is 0.271. The molecule has 0 aliphatic rings. The summed E-state index contributed by atoms with van der Waals surface area (Å²) < 4.78 is 6.13. The summed E-state index contributed by atoms with van der Waals surface area (Å²) in [6, 6.07) is 7.98. The lowest BCUT2D eigenvalue weighted by Crippen LogP contribution is -2.41. The average molecular weight is 271 g/mol. The van der Waals surface area contributed by atoms with Crippen molar-refractivity contribution in [2.45, 2.75) is 45.3 Å². The first-order valence-corrected chi connectivity index (χ1v) is 9.40. The Hall–Kier alpha value is -0.313. The molecular weight excluding hydrogens is 248 g/mol. The van der Waals surface area contributed by atoms with E-state index in [4.69, 9.17) is 16.0 Å². The van der Waals surface area contributed by atoms with Crippen LogP contribution in [0.1, 0.15) is 26.3 Å². The van der Waals surface area contributed by atoms with Crippen LogP contribution >= 0.6 is 11.6 Å². The minimum Gasteiger partial charge on any atom is -0.416 e. The molecule has 1 aromatic carbocycles. The van der Waals surface area contributed by atoms with Gasteiger partial charge in [0.1, 0.15) is 0 Å². The van der Waals surface area contributed by atoms with Crippen molar-refractivity contribution in [3.63, 3.8) is 0 Å². The van der Waals surface area contributed by atoms with E-state index in [1.165, 1.54) is 5.56 Å². The molecule has 0 spiro atoms. The fourth-order valence-corrected chi connectivity index (χ4v) is 2.61. The molecule has 0 unspecified atom stereocenters. The van der Waals surface area contributed by atoms with Gasteiger partial charge >= 0.3 is 0 Å². The predicted octanol–water partition coefficient (Wildman–Crippen LogP) is 4.90. The molecule has 0 aliphatic carbocycles. The molecule has 3 heteroatoms. The van der Waals surface area contributed by atoms with Crippen molar-refractivity contribution in [1.29, 1.82) is 0 Å². The Labute approximate surface area is 111 Å². The van der Waals surface area contributed by atoms with Gasteiger partial charge in [0.15, 0.2) is 8.32 Å². The van der Waals surface area contributed by atoms with Crippen molar-refractivity contribution in [3.05, 3.63) is 34.9 Å². The number of benzene rings is 1. The van der Waals surface area contributed by atoms with Crippen LogP contribution in [0, 0.1) is 0 Å². The Morgan fingerprint density at radius 3 is 2.29 bits per heavy atom. The highest BCUT2D eigenvalue weighted by molar-refractivity contribution is 6.74. The van der Waals surface area contributed by atoms with Gasteiger partial charge < -0.3 is 4.43 Å². The van der Waals surface area contributed by atoms with E-state index in [2.05, 4.69) is 39.9 Å². The quantitative estimate of drug-likeness (QED) is 0.707. The van der Waals surface area contributed by atoms with Crippen LogP contribution in [0.5, 0.6) is 0 Å². The SMILES string of the molecule is CC(C)(C)[Si](C)(C)OCCc1ccccc1Cl. The van der Waals surface area contributed by atoms with Gasteiger partial charge in [-0.15, -0.1) is 0 Å². The Kier molecular flexibility index (Phi) is 4.82. The lowest BCUT2D eigenvalue weighted by Gasteiger charge is -2.36. The van der Waals surface area contributed by atoms with Crippen LogP contribution in [0.25, 0.3) is 0 Å². The Balaban J connectivity index is 2.52. The van der Waals surface area contributed by atoms with Crippen molar-refractivity contribution >= 4 is 19.9 Å². The third-order valence-corrected chi connectivity index (χ3v) is 8.51. The summed E-state index contributed by atoms with van der Waals surface area (Å²) >= 11 is 6.12. The maximum Gasteiger partial charge on any atom is 0.191 e. The van der Waals surface area contributed by atoms with Gasteiger partial charge in [0, 0.05) is 11.6 Å². The minimum atomic E-state index is -1.62. The zero-order valence-corrected chi connectivity index (χ0v) is 13.3. The first-order valence-electron chi connectivity index (χ1n) is 6.11. The Morgan fingerprint density at radius 1 is 1.18 bits per heavy atom. The molecule has 96 valence electrons. The molecule has 1 aromatic rings. The van der Waals surface area contributed by atoms with Crippen molar-refractivity contribution in [2.75, 3.05) is 6.61 Å². The van der Waals surface area contributed by atoms with Crippen molar-refractivity contribution in [3.8, 4) is 0 Å². The molecule has 0 atom stereocenters. The Morgan fingerprint density at radius 2 is 1.76 bits per heavy atom. The van der Waals surface area contributed by atoms with Gasteiger partial charge in [0.2, 0.25) is 0 Å². The van der Waals surface area contributed by atoms with E-state index in [1.54, 1.807) is 0 Å². The van der Waals surface area contributed by atoms with E-state index in [-0.39, 0.29) is 5.04 Å². The summed E-state index contributed by atoms with van der Waals surface area (Å²) in [5, 5.41) is 1.11. The van der Waals surface area contributed by atoms with Crippen LogP contribution in [-0.2, 0) is 10.8 Å². The summed E-state index contributed by atoms with van der Waals surface area (Å²) in [5.74, 6) is 0. The standard InChI is InChI=1S/C14H23ClOSi/c1-14(2,3)17(4,5)16-11-10-12-8-6-7-9-13(12)15/h6-9H,10-11H2,1-5H3. The molecule has 1 rings (SSSR count). The van der Waals surface area contributed by atoms with E-state index in [1.807, 2.05) is 18.2 Å². The summed E-state index contributed by atoms with van der Waals surface area (Å²) in [6.07, 6.45) is 0.895. The summed E-state index contributed by atoms with van der Waals surface area (Å²) in [7, 11) is -1.62. The fraction of sp³-hybridized carbons (Fsp3) is 0.571. The first kappa shape index (κ1) is 14.7. The molecule has 0 bridgehead atoms. The summed E-state index contributed by atoms with van der Waals surface area (Å²) in [6.45, 7) is 12.1. The van der Waals surface area contributed by atoms with Crippen LogP contribution < -0.4 is 0 Å². The lowest BCUT2D eigenvalue weighted by atomic mass is 10.2. The molecule has 0 amide bonds. The lowest BCUT2D eigenvalue weighted by molar-refractivity contribution is 0.292. The molecule has 0 N–H and O–H groups in total. The third-order valence-electron chi connectivity index (χ3n) is 3.60. The summed E-state index contributed by atoms with van der Waals surface area (Å²) in [4.78, 5) is 0. The highest BCUT2D eigenvalue weighted by Crippen LogP contribution is 2.36. The topological polar surface area (TPSA) is 9.23 Å². The molecule has 0 saturated heterocycles. The number of hydrogen-bond donors (Lipinski definition) is 0. The van der Waals surface area contributed by atoms with Gasteiger partial charge in [0.25, 0.3) is 0 Å². The Bertz CT molecular complexity index is 369. The second-order valence-corrected chi connectivity index (χ2v) is 11.2. The predicted molar refractivity (Wildman–Crippen MR) is 78.3 cm³/mol. The van der Waals surface area contributed by atoms with E-state index in [0.29, 0.717) is 0 Å². The van der Waals surface area contributed by atoms with E-state index in [0.717, 1.165) is 18.1 Å². The van der Waals surface area contributed by atoms with Crippen LogP contribution in [0.3, 0.4) is 0 Å². The molecular formula is C14H23ClOSi. The number of halogens is 1. The highest BCUT2D eigenvalue weighted by Gasteiger charge is 2.36. The molecule has 0 radical (unpaired) electrons. The van der Waals surface area contributed by atoms with Gasteiger partial charge in [-0.25, -0.2) is 0 Å². The van der Waals surface area contributed by atoms with Crippen molar-refractivity contribution < 1.29 is 4.43 Å². The molecule has 1 nitrogen and oxygen atoms in total. The average Bonchev–Trinajstić information content (AvgIpc) is 2.19. The van der Waals surface area contributed by atoms with E-state index >= 15 is 0 Å². The third kappa shape index (κ3) is 4.13. The smallest absolute Gasteiger partial charge is 0.191 e. The molecule has 0 fully saturated rings. The number of rotatable bonds is 4. The summed E-state index contributed by atoms with van der Waals surface area (Å²) in [5.41, 5.74) is 1.17. The van der Waals surface area contributed by atoms with Crippen molar-refractivity contribution in [1.82, 2.24) is 0 Å². The van der Waals surface area contributed by atoms with Crippen LogP contribution in [-0.4, -0.2) is 14.9 Å². The molecule has 0 heterocycles. The maximum atomic E-state index is 6.13. The molecule has 0 saturated carbocycles. The fourth-order valence-electron chi connectivity index (χ4n) is 1.33. The molecule has 0 aromatic heterocycles. The van der Waals surface area contributed by atoms with E-state index in [9.17, 15) is 0 Å². The number of hydrogen-bond acceptors (Lipinski definition) is 1. The largest absolute Gasteiger partial charge is 0.416 e. The van der Waals surface area contributed by atoms with E-state index < -0.39 is 8.32 Å². The van der Waals surface area contributed by atoms with Crippen LogP contribution in [0.4, 0.5) is 0 Å². The normalized spacial score (nSPS) is 12.8. The molecule has 17 heavy (non-hydrogen) atoms. The maximum absolute atomic E-state index is 6.13. The second kappa shape index (κ2) is 5.55. The van der Waals surface area contributed by atoms with Gasteiger partial charge in [-0.2, -0.15) is 0 Å². The zero-order chi connectivity index (χ0) is 13.1. The van der Waals surface area contributed by atoms with Gasteiger partial charge in [0.05, 0.1) is 0 Å². The van der Waals surface area contributed by atoms with Gasteiger partial charge in [-0.05, 0) is 36.2 Å². The van der Waals surface area contributed by atoms with Crippen molar-refractivity contribution in [2.24, 2.45) is 0 Å². The molecule has 0 aliphatic heterocycles. The second-order valence-electron chi connectivity index (χ2n) is 5.95. The highest BCUT2D eigenvalue weighted by atomic mass is 35.5. The first-order chi connectivity index (χ1) is 7.74. The van der Waals surface area contributed by atoms with Gasteiger partial charge in [-0.1, -0.05) is 50.6 Å². The van der Waals surface area contributed by atoms with Crippen LogP contribution in [0.15, 0.2) is 24.3 Å². The van der Waals surface area contributed by atoms with Crippen LogP contribution in [0.2, 0.25) is 23.2 Å². The zero-order valence-electron chi connectivity index (χ0n) is 11.5. The monoisotopic (exact) mass is 270 g/mol. The van der Waals surface area contributed by atoms with Gasteiger partial charge in [-0.3, -0.25) is 0 Å².